The Bertz CT molecular complexity index is 626. The van der Waals surface area contributed by atoms with Gasteiger partial charge in [0.2, 0.25) is 0 Å². The molecule has 2 rings (SSSR count). The van der Waals surface area contributed by atoms with Crippen molar-refractivity contribution in [3.05, 3.63) is 65.2 Å². The Labute approximate surface area is 131 Å². The van der Waals surface area contributed by atoms with Crippen molar-refractivity contribution < 1.29 is 9.53 Å². The summed E-state index contributed by atoms with van der Waals surface area (Å²) in [5.74, 6) is 0.809. The third-order valence-corrected chi connectivity index (χ3v) is 3.25. The van der Waals surface area contributed by atoms with Crippen LogP contribution in [0.3, 0.4) is 0 Å². The number of carbonyl (C=O) groups is 1. The highest BCUT2D eigenvalue weighted by Gasteiger charge is 2.05. The van der Waals surface area contributed by atoms with Gasteiger partial charge in [0, 0.05) is 18.7 Å². The minimum Gasteiger partial charge on any atom is -0.494 e. The largest absolute Gasteiger partial charge is 0.494 e. The standard InChI is InChI=1S/C18H22N2O2/c1-3-22-17-10-5-4-9-16(17)13-20-18(21)19-12-15-8-6-7-14(2)11-15/h4-11H,3,12-13H2,1-2H3,(H2,19,20,21). The van der Waals surface area contributed by atoms with Crippen LogP contribution in [0.5, 0.6) is 5.75 Å². The molecule has 0 aliphatic carbocycles. The monoisotopic (exact) mass is 298 g/mol. The Morgan fingerprint density at radius 1 is 1.05 bits per heavy atom. The molecule has 2 N–H and O–H groups in total. The lowest BCUT2D eigenvalue weighted by Gasteiger charge is -2.11. The van der Waals surface area contributed by atoms with Crippen molar-refractivity contribution in [3.63, 3.8) is 0 Å². The number of nitrogens with one attached hydrogen (secondary N) is 2. The van der Waals surface area contributed by atoms with Crippen LogP contribution in [-0.2, 0) is 13.1 Å². The summed E-state index contributed by atoms with van der Waals surface area (Å²) < 4.78 is 5.54. The highest BCUT2D eigenvalue weighted by atomic mass is 16.5. The number of hydrogen-bond donors (Lipinski definition) is 2. The van der Waals surface area contributed by atoms with Crippen LogP contribution in [0.1, 0.15) is 23.6 Å². The van der Waals surface area contributed by atoms with Gasteiger partial charge in [0.15, 0.2) is 0 Å². The normalized spacial score (nSPS) is 10.1. The Balaban J connectivity index is 1.83. The summed E-state index contributed by atoms with van der Waals surface area (Å²) in [5, 5.41) is 5.71. The van der Waals surface area contributed by atoms with Crippen molar-refractivity contribution in [2.24, 2.45) is 0 Å². The van der Waals surface area contributed by atoms with Crippen LogP contribution < -0.4 is 15.4 Å². The molecule has 2 amide bonds. The molecule has 0 aliphatic rings. The number of urea groups is 1. The molecule has 0 saturated carbocycles. The lowest BCUT2D eigenvalue weighted by atomic mass is 10.1. The fraction of sp³-hybridized carbons (Fsp3) is 0.278. The highest BCUT2D eigenvalue weighted by molar-refractivity contribution is 5.73. The second-order valence-electron chi connectivity index (χ2n) is 5.07. The van der Waals surface area contributed by atoms with E-state index in [1.54, 1.807) is 0 Å². The molecule has 0 bridgehead atoms. The van der Waals surface area contributed by atoms with Crippen LogP contribution in [-0.4, -0.2) is 12.6 Å². The molecule has 0 atom stereocenters. The van der Waals surface area contributed by atoms with Gasteiger partial charge in [-0.25, -0.2) is 4.79 Å². The van der Waals surface area contributed by atoms with Crippen molar-refractivity contribution in [1.29, 1.82) is 0 Å². The van der Waals surface area contributed by atoms with E-state index in [-0.39, 0.29) is 6.03 Å². The number of carbonyl (C=O) groups excluding carboxylic acids is 1. The molecule has 0 saturated heterocycles. The van der Waals surface area contributed by atoms with Gasteiger partial charge in [-0.3, -0.25) is 0 Å². The Kier molecular flexibility index (Phi) is 5.83. The van der Waals surface area contributed by atoms with Crippen molar-refractivity contribution in [2.45, 2.75) is 26.9 Å². The van der Waals surface area contributed by atoms with E-state index in [2.05, 4.69) is 16.7 Å². The molecule has 0 spiro atoms. The van der Waals surface area contributed by atoms with Crippen LogP contribution in [0.15, 0.2) is 48.5 Å². The molecule has 22 heavy (non-hydrogen) atoms. The number of ether oxygens (including phenoxy) is 1. The smallest absolute Gasteiger partial charge is 0.315 e. The van der Waals surface area contributed by atoms with E-state index in [1.807, 2.05) is 56.3 Å². The molecular formula is C18H22N2O2. The fourth-order valence-electron chi connectivity index (χ4n) is 2.19. The van der Waals surface area contributed by atoms with Crippen molar-refractivity contribution in [3.8, 4) is 5.75 Å². The predicted octanol–water partition coefficient (Wildman–Crippen LogP) is 3.39. The number of rotatable bonds is 6. The Hall–Kier alpha value is -2.49. The van der Waals surface area contributed by atoms with Crippen LogP contribution in [0, 0.1) is 6.92 Å². The third-order valence-electron chi connectivity index (χ3n) is 3.25. The average molecular weight is 298 g/mol. The maximum Gasteiger partial charge on any atom is 0.315 e. The van der Waals surface area contributed by atoms with Gasteiger partial charge in [0.25, 0.3) is 0 Å². The second kappa shape index (κ2) is 8.08. The first-order chi connectivity index (χ1) is 10.7. The molecule has 4 heteroatoms. The third kappa shape index (κ3) is 4.81. The van der Waals surface area contributed by atoms with Crippen LogP contribution >= 0.6 is 0 Å². The van der Waals surface area contributed by atoms with E-state index >= 15 is 0 Å². The van der Waals surface area contributed by atoms with Crippen molar-refractivity contribution in [2.75, 3.05) is 6.61 Å². The fourth-order valence-corrected chi connectivity index (χ4v) is 2.19. The van der Waals surface area contributed by atoms with Crippen molar-refractivity contribution in [1.82, 2.24) is 10.6 Å². The lowest BCUT2D eigenvalue weighted by Crippen LogP contribution is -2.34. The van der Waals surface area contributed by atoms with Gasteiger partial charge < -0.3 is 15.4 Å². The molecule has 0 radical (unpaired) electrons. The van der Waals surface area contributed by atoms with Gasteiger partial charge in [-0.1, -0.05) is 48.0 Å². The molecule has 4 nitrogen and oxygen atoms in total. The Morgan fingerprint density at radius 3 is 2.59 bits per heavy atom. The summed E-state index contributed by atoms with van der Waals surface area (Å²) >= 11 is 0. The molecule has 0 heterocycles. The molecule has 0 fully saturated rings. The van der Waals surface area contributed by atoms with Crippen LogP contribution in [0.4, 0.5) is 4.79 Å². The van der Waals surface area contributed by atoms with Crippen LogP contribution in [0.25, 0.3) is 0 Å². The van der Waals surface area contributed by atoms with E-state index in [4.69, 9.17) is 4.74 Å². The lowest BCUT2D eigenvalue weighted by molar-refractivity contribution is 0.240. The van der Waals surface area contributed by atoms with Gasteiger partial charge in [-0.15, -0.1) is 0 Å². The highest BCUT2D eigenvalue weighted by Crippen LogP contribution is 2.17. The predicted molar refractivity (Wildman–Crippen MR) is 87.9 cm³/mol. The number of hydrogen-bond acceptors (Lipinski definition) is 2. The zero-order valence-corrected chi connectivity index (χ0v) is 13.1. The first-order valence-electron chi connectivity index (χ1n) is 7.47. The molecule has 2 aromatic rings. The van der Waals surface area contributed by atoms with E-state index in [9.17, 15) is 4.79 Å². The summed E-state index contributed by atoms with van der Waals surface area (Å²) in [7, 11) is 0. The molecular weight excluding hydrogens is 276 g/mol. The quantitative estimate of drug-likeness (QED) is 0.859. The van der Waals surface area contributed by atoms with Gasteiger partial charge in [0.05, 0.1) is 6.61 Å². The topological polar surface area (TPSA) is 50.4 Å². The SMILES string of the molecule is CCOc1ccccc1CNC(=O)NCc1cccc(C)c1. The maximum atomic E-state index is 11.9. The summed E-state index contributed by atoms with van der Waals surface area (Å²) in [6.45, 7) is 5.54. The van der Waals surface area contributed by atoms with Gasteiger partial charge in [-0.2, -0.15) is 0 Å². The molecule has 0 unspecified atom stereocenters. The van der Waals surface area contributed by atoms with E-state index in [1.165, 1.54) is 5.56 Å². The van der Waals surface area contributed by atoms with Gasteiger partial charge in [0.1, 0.15) is 5.75 Å². The molecule has 0 aliphatic heterocycles. The van der Waals surface area contributed by atoms with Gasteiger partial charge >= 0.3 is 6.03 Å². The summed E-state index contributed by atoms with van der Waals surface area (Å²) in [6.07, 6.45) is 0. The number of benzene rings is 2. The first kappa shape index (κ1) is 15.9. The number of amides is 2. The van der Waals surface area contributed by atoms with E-state index in [0.29, 0.717) is 19.7 Å². The second-order valence-corrected chi connectivity index (χ2v) is 5.07. The zero-order chi connectivity index (χ0) is 15.8. The van der Waals surface area contributed by atoms with E-state index < -0.39 is 0 Å². The van der Waals surface area contributed by atoms with Crippen LogP contribution in [0.2, 0.25) is 0 Å². The summed E-state index contributed by atoms with van der Waals surface area (Å²) in [6, 6.07) is 15.6. The van der Waals surface area contributed by atoms with Gasteiger partial charge in [-0.05, 0) is 25.5 Å². The molecule has 0 aromatic heterocycles. The van der Waals surface area contributed by atoms with Crippen molar-refractivity contribution >= 4 is 6.03 Å². The summed E-state index contributed by atoms with van der Waals surface area (Å²) in [5.41, 5.74) is 3.24. The average Bonchev–Trinajstić information content (AvgIpc) is 2.52. The Morgan fingerprint density at radius 2 is 1.82 bits per heavy atom. The minimum atomic E-state index is -0.187. The number of aryl methyl sites for hydroxylation is 1. The minimum absolute atomic E-state index is 0.187. The van der Waals surface area contributed by atoms with E-state index in [0.717, 1.165) is 16.9 Å². The molecule has 116 valence electrons. The maximum absolute atomic E-state index is 11.9. The molecule has 2 aromatic carbocycles. The number of para-hydroxylation sites is 1. The first-order valence-corrected chi connectivity index (χ1v) is 7.47. The zero-order valence-electron chi connectivity index (χ0n) is 13.1. The summed E-state index contributed by atoms with van der Waals surface area (Å²) in [4.78, 5) is 11.9.